The van der Waals surface area contributed by atoms with Gasteiger partial charge in [-0.2, -0.15) is 0 Å². The van der Waals surface area contributed by atoms with Crippen molar-refractivity contribution in [3.63, 3.8) is 0 Å². The van der Waals surface area contributed by atoms with E-state index in [2.05, 4.69) is 71.0 Å². The number of carboxylic acids is 1. The third-order valence-electron chi connectivity index (χ3n) is 6.91. The fourth-order valence-corrected chi connectivity index (χ4v) is 4.81. The van der Waals surface area contributed by atoms with Gasteiger partial charge in [0.05, 0.1) is 11.4 Å². The molecule has 0 radical (unpaired) electrons. The van der Waals surface area contributed by atoms with Gasteiger partial charge in [-0.05, 0) is 59.5 Å². The first-order valence-corrected chi connectivity index (χ1v) is 15.1. The van der Waals surface area contributed by atoms with Crippen LogP contribution in [0.4, 0.5) is 0 Å². The van der Waals surface area contributed by atoms with E-state index in [-0.39, 0.29) is 0 Å². The van der Waals surface area contributed by atoms with Gasteiger partial charge in [-0.25, -0.2) is 0 Å². The molecule has 0 bridgehead atoms. The summed E-state index contributed by atoms with van der Waals surface area (Å²) < 4.78 is 0.978. The van der Waals surface area contributed by atoms with Crippen molar-refractivity contribution in [3.8, 4) is 0 Å². The van der Waals surface area contributed by atoms with E-state index in [4.69, 9.17) is 0 Å². The van der Waals surface area contributed by atoms with E-state index >= 15 is 0 Å². The van der Waals surface area contributed by atoms with Gasteiger partial charge < -0.3 is 21.1 Å². The summed E-state index contributed by atoms with van der Waals surface area (Å²) in [5, 5.41) is 19.9. The molecule has 1 atom stereocenters. The number of hydrogen-bond donors (Lipinski definition) is 4. The number of nitrogens with zero attached hydrogens (tertiary/aromatic N) is 3. The lowest BCUT2D eigenvalue weighted by atomic mass is 10.1. The highest BCUT2D eigenvalue weighted by Gasteiger charge is 2.17. The van der Waals surface area contributed by atoms with Crippen LogP contribution in [0.3, 0.4) is 0 Å². The lowest BCUT2D eigenvalue weighted by molar-refractivity contribution is -0.139. The zero-order chi connectivity index (χ0) is 29.4. The van der Waals surface area contributed by atoms with Crippen LogP contribution in [0.1, 0.15) is 28.1 Å². The Kier molecular flexibility index (Phi) is 13.1. The van der Waals surface area contributed by atoms with Crippen molar-refractivity contribution >= 4 is 21.9 Å². The number of pyridine rings is 2. The largest absolute Gasteiger partial charge is 0.480 e. The van der Waals surface area contributed by atoms with E-state index in [0.717, 1.165) is 72.8 Å². The number of aliphatic carboxylic acids is 1. The van der Waals surface area contributed by atoms with Crippen LogP contribution in [0.25, 0.3) is 0 Å². The second kappa shape index (κ2) is 17.5. The molecule has 0 saturated heterocycles. The number of carbonyl (C=O) groups is 1. The minimum atomic E-state index is -0.849. The number of aromatic nitrogens is 2. The van der Waals surface area contributed by atoms with E-state index in [1.807, 2.05) is 73.1 Å². The van der Waals surface area contributed by atoms with Gasteiger partial charge in [0, 0.05) is 69.2 Å². The molecule has 2 aromatic heterocycles. The Morgan fingerprint density at radius 1 is 0.738 bits per heavy atom. The van der Waals surface area contributed by atoms with E-state index < -0.39 is 12.0 Å². The molecule has 2 aromatic carbocycles. The van der Waals surface area contributed by atoms with E-state index in [0.29, 0.717) is 13.0 Å². The first-order chi connectivity index (χ1) is 20.5. The van der Waals surface area contributed by atoms with Crippen LogP contribution in [0.2, 0.25) is 0 Å². The van der Waals surface area contributed by atoms with Crippen LogP contribution < -0.4 is 16.0 Å². The minimum absolute atomic E-state index is 0.429. The maximum atomic E-state index is 11.9. The zero-order valence-electron chi connectivity index (χ0n) is 23.8. The fraction of sp³-hybridized carbons (Fsp3) is 0.303. The molecule has 4 rings (SSSR count). The molecule has 220 valence electrons. The number of nitrogens with one attached hydrogen (secondary N) is 3. The third kappa shape index (κ3) is 11.4. The predicted molar refractivity (Wildman–Crippen MR) is 170 cm³/mol. The van der Waals surface area contributed by atoms with Crippen molar-refractivity contribution in [2.45, 2.75) is 38.6 Å². The molecule has 8 nitrogen and oxygen atoms in total. The smallest absolute Gasteiger partial charge is 0.321 e. The molecule has 42 heavy (non-hydrogen) atoms. The zero-order valence-corrected chi connectivity index (χ0v) is 25.3. The Labute approximate surface area is 256 Å². The van der Waals surface area contributed by atoms with Crippen molar-refractivity contribution in [2.75, 3.05) is 26.2 Å². The first-order valence-electron chi connectivity index (χ1n) is 14.3. The summed E-state index contributed by atoms with van der Waals surface area (Å²) in [4.78, 5) is 23.1. The molecule has 9 heteroatoms. The summed E-state index contributed by atoms with van der Waals surface area (Å²) in [6.45, 7) is 6.32. The van der Waals surface area contributed by atoms with Crippen molar-refractivity contribution in [1.29, 1.82) is 0 Å². The second-order valence-corrected chi connectivity index (χ2v) is 11.1. The monoisotopic (exact) mass is 630 g/mol. The van der Waals surface area contributed by atoms with Crippen LogP contribution in [0, 0.1) is 0 Å². The number of rotatable bonds is 18. The van der Waals surface area contributed by atoms with Gasteiger partial charge >= 0.3 is 5.97 Å². The van der Waals surface area contributed by atoms with Crippen molar-refractivity contribution in [2.24, 2.45) is 0 Å². The molecule has 0 aliphatic carbocycles. The molecule has 4 N–H and O–H groups in total. The van der Waals surface area contributed by atoms with E-state index in [9.17, 15) is 9.90 Å². The molecule has 0 saturated carbocycles. The quantitative estimate of drug-likeness (QED) is 0.120. The van der Waals surface area contributed by atoms with Gasteiger partial charge in [0.2, 0.25) is 0 Å². The van der Waals surface area contributed by atoms with Gasteiger partial charge in [0.15, 0.2) is 0 Å². The van der Waals surface area contributed by atoms with Gasteiger partial charge in [0.25, 0.3) is 0 Å². The number of carboxylic acid groups (broad SMARTS) is 1. The molecule has 0 aliphatic heterocycles. The predicted octanol–water partition coefficient (Wildman–Crippen LogP) is 4.41. The SMILES string of the molecule is O=C(O)[C@H](Cc1ccc(Br)cc1)NCc1ccc(CN(CCNCc2ccccn2)CCNCc2ccccn2)cc1. The van der Waals surface area contributed by atoms with Crippen LogP contribution in [0.5, 0.6) is 0 Å². The molecular weight excluding hydrogens is 592 g/mol. The van der Waals surface area contributed by atoms with Crippen LogP contribution in [-0.4, -0.2) is 58.2 Å². The summed E-state index contributed by atoms with van der Waals surface area (Å²) in [5.74, 6) is -0.849. The molecule has 0 fully saturated rings. The minimum Gasteiger partial charge on any atom is -0.480 e. The van der Waals surface area contributed by atoms with Gasteiger partial charge in [0.1, 0.15) is 6.04 Å². The molecule has 0 aliphatic rings. The Morgan fingerprint density at radius 2 is 1.29 bits per heavy atom. The molecule has 4 aromatic rings. The van der Waals surface area contributed by atoms with Crippen molar-refractivity contribution in [3.05, 3.63) is 130 Å². The van der Waals surface area contributed by atoms with Crippen LogP contribution in [0.15, 0.2) is 102 Å². The van der Waals surface area contributed by atoms with Crippen molar-refractivity contribution < 1.29 is 9.90 Å². The van der Waals surface area contributed by atoms with Crippen LogP contribution >= 0.6 is 15.9 Å². The average molecular weight is 632 g/mol. The number of halogens is 1. The summed E-state index contributed by atoms with van der Waals surface area (Å²) in [6.07, 6.45) is 4.07. The first kappa shape index (κ1) is 31.5. The molecule has 0 amide bonds. The maximum absolute atomic E-state index is 11.9. The Morgan fingerprint density at radius 3 is 1.81 bits per heavy atom. The molecule has 0 unspecified atom stereocenters. The van der Waals surface area contributed by atoms with Gasteiger partial charge in [-0.3, -0.25) is 19.7 Å². The normalized spacial score (nSPS) is 12.0. The highest BCUT2D eigenvalue weighted by Crippen LogP contribution is 2.13. The van der Waals surface area contributed by atoms with Crippen molar-refractivity contribution in [1.82, 2.24) is 30.8 Å². The Balaban J connectivity index is 1.27. The van der Waals surface area contributed by atoms with E-state index in [1.54, 1.807) is 0 Å². The number of hydrogen-bond acceptors (Lipinski definition) is 7. The van der Waals surface area contributed by atoms with E-state index in [1.165, 1.54) is 5.56 Å². The molecular formula is C33H39BrN6O2. The van der Waals surface area contributed by atoms with Gasteiger partial charge in [-0.1, -0.05) is 64.5 Å². The van der Waals surface area contributed by atoms with Crippen LogP contribution in [-0.2, 0) is 37.4 Å². The maximum Gasteiger partial charge on any atom is 0.321 e. The average Bonchev–Trinajstić information content (AvgIpc) is 3.02. The second-order valence-electron chi connectivity index (χ2n) is 10.2. The third-order valence-corrected chi connectivity index (χ3v) is 7.44. The lowest BCUT2D eigenvalue weighted by Crippen LogP contribution is -2.38. The van der Waals surface area contributed by atoms with Gasteiger partial charge in [-0.15, -0.1) is 0 Å². The standard InChI is InChI=1S/C33H39BrN6O2/c34-29-13-11-26(12-14-29)21-32(33(41)42)39-22-27-7-9-28(10-8-27)25-40(19-17-35-23-30-5-1-3-15-37-30)20-18-36-24-31-6-2-4-16-38-31/h1-16,32,35-36,39H,17-25H2,(H,41,42)/t32-/m0/s1. The highest BCUT2D eigenvalue weighted by molar-refractivity contribution is 9.10. The molecule has 2 heterocycles. The summed E-state index contributed by atoms with van der Waals surface area (Å²) in [5.41, 5.74) is 5.33. The summed E-state index contributed by atoms with van der Waals surface area (Å²) >= 11 is 3.43. The summed E-state index contributed by atoms with van der Waals surface area (Å²) in [7, 11) is 0. The molecule has 0 spiro atoms. The fourth-order valence-electron chi connectivity index (χ4n) is 4.55. The topological polar surface area (TPSA) is 102 Å². The summed E-state index contributed by atoms with van der Waals surface area (Å²) in [6, 6.07) is 27.5. The highest BCUT2D eigenvalue weighted by atomic mass is 79.9. The Bertz CT molecular complexity index is 1280. The Hall–Kier alpha value is -3.47. The lowest BCUT2D eigenvalue weighted by Gasteiger charge is -2.23. The number of benzene rings is 2.